The number of rotatable bonds is 4. The van der Waals surface area contributed by atoms with Gasteiger partial charge < -0.3 is 10.0 Å². The summed E-state index contributed by atoms with van der Waals surface area (Å²) < 4.78 is 0. The maximum absolute atomic E-state index is 12.7. The van der Waals surface area contributed by atoms with Crippen LogP contribution in [0.4, 0.5) is 0 Å². The summed E-state index contributed by atoms with van der Waals surface area (Å²) in [6, 6.07) is 10.9. The van der Waals surface area contributed by atoms with Gasteiger partial charge in [-0.25, -0.2) is 4.79 Å². The monoisotopic (exact) mass is 353 g/mol. The lowest BCUT2D eigenvalue weighted by atomic mass is 10.0. The zero-order valence-electron chi connectivity index (χ0n) is 15.0. The maximum atomic E-state index is 12.7. The van der Waals surface area contributed by atoms with Crippen molar-refractivity contribution in [3.05, 3.63) is 65.5 Å². The second-order valence-corrected chi connectivity index (χ2v) is 6.78. The molecule has 6 heteroatoms. The standard InChI is InChI=1S/C20H23N3O3/c1-14-11-22(19(24)16-7-5-9-21-10-16)12-15(2)23(14)13-17-6-3-4-8-18(17)20(25)26/h3-10,14-15H,11-13H2,1-2H3,(H,25,26)/t14-,15+. The Labute approximate surface area is 153 Å². The van der Waals surface area contributed by atoms with Crippen LogP contribution in [0.1, 0.15) is 40.1 Å². The molecule has 0 spiro atoms. The average Bonchev–Trinajstić information content (AvgIpc) is 2.64. The number of benzene rings is 1. The van der Waals surface area contributed by atoms with Crippen LogP contribution in [0.2, 0.25) is 0 Å². The van der Waals surface area contributed by atoms with E-state index in [1.54, 1.807) is 36.7 Å². The first-order chi connectivity index (χ1) is 12.5. The van der Waals surface area contributed by atoms with E-state index in [9.17, 15) is 14.7 Å². The normalized spacial score (nSPS) is 20.8. The highest BCUT2D eigenvalue weighted by Gasteiger charge is 2.32. The fourth-order valence-corrected chi connectivity index (χ4v) is 3.57. The van der Waals surface area contributed by atoms with Gasteiger partial charge in [0.15, 0.2) is 0 Å². The molecule has 0 bridgehead atoms. The number of piperazine rings is 1. The minimum absolute atomic E-state index is 0.0117. The number of pyridine rings is 1. The first-order valence-electron chi connectivity index (χ1n) is 8.73. The number of carbonyl (C=O) groups excluding carboxylic acids is 1. The Bertz CT molecular complexity index is 782. The van der Waals surface area contributed by atoms with Gasteiger partial charge in [-0.05, 0) is 37.6 Å². The number of hydrogen-bond donors (Lipinski definition) is 1. The van der Waals surface area contributed by atoms with E-state index in [1.807, 2.05) is 17.0 Å². The molecule has 26 heavy (non-hydrogen) atoms. The Kier molecular flexibility index (Phi) is 5.32. The lowest BCUT2D eigenvalue weighted by Crippen LogP contribution is -2.57. The van der Waals surface area contributed by atoms with Gasteiger partial charge in [0, 0.05) is 44.1 Å². The Morgan fingerprint density at radius 3 is 2.42 bits per heavy atom. The fraction of sp³-hybridized carbons (Fsp3) is 0.350. The molecule has 136 valence electrons. The highest BCUT2D eigenvalue weighted by Crippen LogP contribution is 2.22. The summed E-state index contributed by atoms with van der Waals surface area (Å²) in [7, 11) is 0. The SMILES string of the molecule is C[C@@H]1CN(C(=O)c2cccnc2)C[C@H](C)N1Cc1ccccc1C(=O)O. The molecular weight excluding hydrogens is 330 g/mol. The van der Waals surface area contributed by atoms with E-state index in [0.29, 0.717) is 30.8 Å². The van der Waals surface area contributed by atoms with Crippen molar-refractivity contribution in [2.75, 3.05) is 13.1 Å². The van der Waals surface area contributed by atoms with Crippen molar-refractivity contribution in [1.82, 2.24) is 14.8 Å². The van der Waals surface area contributed by atoms with Crippen LogP contribution < -0.4 is 0 Å². The van der Waals surface area contributed by atoms with E-state index in [0.717, 1.165) is 5.56 Å². The molecule has 0 saturated carbocycles. The van der Waals surface area contributed by atoms with Crippen LogP contribution in [0.5, 0.6) is 0 Å². The summed E-state index contributed by atoms with van der Waals surface area (Å²) in [6.45, 7) is 5.91. The van der Waals surface area contributed by atoms with Gasteiger partial charge in [0.25, 0.3) is 5.91 Å². The second-order valence-electron chi connectivity index (χ2n) is 6.78. The molecule has 1 saturated heterocycles. The van der Waals surface area contributed by atoms with E-state index < -0.39 is 5.97 Å². The van der Waals surface area contributed by atoms with Crippen LogP contribution in [-0.4, -0.2) is 56.9 Å². The van der Waals surface area contributed by atoms with Crippen LogP contribution in [0.3, 0.4) is 0 Å². The molecule has 1 amide bonds. The average molecular weight is 353 g/mol. The summed E-state index contributed by atoms with van der Waals surface area (Å²) in [6.07, 6.45) is 3.24. The zero-order valence-corrected chi connectivity index (χ0v) is 15.0. The van der Waals surface area contributed by atoms with Gasteiger partial charge in [-0.2, -0.15) is 0 Å². The molecule has 2 heterocycles. The number of amides is 1. The van der Waals surface area contributed by atoms with E-state index in [4.69, 9.17) is 0 Å². The van der Waals surface area contributed by atoms with Crippen molar-refractivity contribution in [2.24, 2.45) is 0 Å². The highest BCUT2D eigenvalue weighted by atomic mass is 16.4. The molecule has 1 aliphatic heterocycles. The smallest absolute Gasteiger partial charge is 0.336 e. The van der Waals surface area contributed by atoms with Crippen LogP contribution in [0.15, 0.2) is 48.8 Å². The van der Waals surface area contributed by atoms with Crippen molar-refractivity contribution >= 4 is 11.9 Å². The van der Waals surface area contributed by atoms with E-state index in [-0.39, 0.29) is 18.0 Å². The number of carboxylic acids is 1. The van der Waals surface area contributed by atoms with Gasteiger partial charge >= 0.3 is 5.97 Å². The van der Waals surface area contributed by atoms with Gasteiger partial charge in [0.05, 0.1) is 11.1 Å². The second kappa shape index (κ2) is 7.66. The molecule has 3 rings (SSSR count). The lowest BCUT2D eigenvalue weighted by Gasteiger charge is -2.44. The molecule has 1 fully saturated rings. The molecule has 2 atom stereocenters. The Morgan fingerprint density at radius 2 is 1.81 bits per heavy atom. The largest absolute Gasteiger partial charge is 0.478 e. The molecular formula is C20H23N3O3. The molecule has 1 aromatic heterocycles. The van der Waals surface area contributed by atoms with Gasteiger partial charge in [-0.1, -0.05) is 18.2 Å². The van der Waals surface area contributed by atoms with Crippen LogP contribution in [-0.2, 0) is 6.54 Å². The fourth-order valence-electron chi connectivity index (χ4n) is 3.57. The zero-order chi connectivity index (χ0) is 18.7. The summed E-state index contributed by atoms with van der Waals surface area (Å²) in [4.78, 5) is 32.3. The lowest BCUT2D eigenvalue weighted by molar-refractivity contribution is 0.0267. The maximum Gasteiger partial charge on any atom is 0.336 e. The minimum atomic E-state index is -0.911. The van der Waals surface area contributed by atoms with Gasteiger partial charge in [-0.15, -0.1) is 0 Å². The molecule has 0 radical (unpaired) electrons. The summed E-state index contributed by atoms with van der Waals surface area (Å²) in [5.74, 6) is -0.923. The third-order valence-electron chi connectivity index (χ3n) is 4.90. The van der Waals surface area contributed by atoms with E-state index in [2.05, 4.69) is 23.7 Å². The quantitative estimate of drug-likeness (QED) is 0.914. The predicted octanol–water partition coefficient (Wildman–Crippen LogP) is 2.51. The topological polar surface area (TPSA) is 73.7 Å². The number of carbonyl (C=O) groups is 2. The Hall–Kier alpha value is -2.73. The van der Waals surface area contributed by atoms with Crippen molar-refractivity contribution in [3.63, 3.8) is 0 Å². The van der Waals surface area contributed by atoms with Crippen molar-refractivity contribution < 1.29 is 14.7 Å². The summed E-state index contributed by atoms with van der Waals surface area (Å²) in [5.41, 5.74) is 1.73. The van der Waals surface area contributed by atoms with Crippen molar-refractivity contribution in [1.29, 1.82) is 0 Å². The molecule has 1 aromatic carbocycles. The Morgan fingerprint density at radius 1 is 1.12 bits per heavy atom. The van der Waals surface area contributed by atoms with Gasteiger partial charge in [-0.3, -0.25) is 14.7 Å². The third-order valence-corrected chi connectivity index (χ3v) is 4.90. The molecule has 0 unspecified atom stereocenters. The van der Waals surface area contributed by atoms with Gasteiger partial charge in [0.1, 0.15) is 0 Å². The van der Waals surface area contributed by atoms with Crippen LogP contribution in [0, 0.1) is 0 Å². The van der Waals surface area contributed by atoms with Crippen molar-refractivity contribution in [2.45, 2.75) is 32.5 Å². The Balaban J connectivity index is 1.73. The molecule has 2 aromatic rings. The number of carboxylic acid groups (broad SMARTS) is 1. The molecule has 1 aliphatic rings. The number of hydrogen-bond acceptors (Lipinski definition) is 4. The van der Waals surface area contributed by atoms with Crippen molar-refractivity contribution in [3.8, 4) is 0 Å². The minimum Gasteiger partial charge on any atom is -0.478 e. The molecule has 1 N–H and O–H groups in total. The first kappa shape index (κ1) is 18.1. The molecule has 0 aliphatic carbocycles. The van der Waals surface area contributed by atoms with Crippen LogP contribution in [0.25, 0.3) is 0 Å². The van der Waals surface area contributed by atoms with E-state index >= 15 is 0 Å². The van der Waals surface area contributed by atoms with Crippen LogP contribution >= 0.6 is 0 Å². The number of aromatic nitrogens is 1. The van der Waals surface area contributed by atoms with Gasteiger partial charge in [0.2, 0.25) is 0 Å². The third kappa shape index (κ3) is 3.75. The molecule has 6 nitrogen and oxygen atoms in total. The highest BCUT2D eigenvalue weighted by molar-refractivity contribution is 5.94. The number of aromatic carboxylic acids is 1. The first-order valence-corrected chi connectivity index (χ1v) is 8.73. The van der Waals surface area contributed by atoms with E-state index in [1.165, 1.54) is 0 Å². The number of nitrogens with zero attached hydrogens (tertiary/aromatic N) is 3. The summed E-state index contributed by atoms with van der Waals surface area (Å²) >= 11 is 0. The summed E-state index contributed by atoms with van der Waals surface area (Å²) in [5, 5.41) is 9.39. The predicted molar refractivity (Wildman–Crippen MR) is 98.0 cm³/mol.